The molecule has 0 N–H and O–H groups in total. The highest BCUT2D eigenvalue weighted by molar-refractivity contribution is 5.81. The lowest BCUT2D eigenvalue weighted by molar-refractivity contribution is -0.133. The third-order valence-corrected chi connectivity index (χ3v) is 4.80. The van der Waals surface area contributed by atoms with Crippen LogP contribution in [-0.2, 0) is 4.79 Å². The first kappa shape index (κ1) is 13.5. The summed E-state index contributed by atoms with van der Waals surface area (Å²) < 4.78 is 5.29. The molecule has 1 saturated carbocycles. The molecule has 0 unspecified atom stereocenters. The van der Waals surface area contributed by atoms with Crippen molar-refractivity contribution >= 4 is 5.91 Å². The van der Waals surface area contributed by atoms with Crippen molar-refractivity contribution in [2.24, 2.45) is 11.8 Å². The van der Waals surface area contributed by atoms with Crippen molar-refractivity contribution in [1.29, 1.82) is 0 Å². The Labute approximate surface area is 120 Å². The average molecular weight is 273 g/mol. The van der Waals surface area contributed by atoms with Gasteiger partial charge >= 0.3 is 0 Å². The van der Waals surface area contributed by atoms with Crippen molar-refractivity contribution in [2.45, 2.75) is 32.1 Å². The summed E-state index contributed by atoms with van der Waals surface area (Å²) in [6.45, 7) is 3.99. The molecule has 0 spiro atoms. The van der Waals surface area contributed by atoms with Crippen LogP contribution in [0.5, 0.6) is 5.75 Å². The fraction of sp³-hybridized carbons (Fsp3) is 0.588. The maximum Gasteiger partial charge on any atom is 0.225 e. The van der Waals surface area contributed by atoms with E-state index in [0.29, 0.717) is 23.7 Å². The van der Waals surface area contributed by atoms with Crippen LogP contribution in [0.3, 0.4) is 0 Å². The topological polar surface area (TPSA) is 29.5 Å². The van der Waals surface area contributed by atoms with Gasteiger partial charge in [-0.2, -0.15) is 0 Å². The highest BCUT2D eigenvalue weighted by atomic mass is 16.5. The molecule has 3 heteroatoms. The summed E-state index contributed by atoms with van der Waals surface area (Å²) in [6.07, 6.45) is 3.23. The van der Waals surface area contributed by atoms with Gasteiger partial charge in [-0.3, -0.25) is 4.79 Å². The molecule has 2 aliphatic rings. The number of nitrogens with zero attached hydrogens (tertiary/aromatic N) is 1. The molecule has 1 heterocycles. The number of piperidine rings is 1. The van der Waals surface area contributed by atoms with Crippen LogP contribution in [0.15, 0.2) is 24.3 Å². The molecule has 0 aromatic heterocycles. The zero-order valence-electron chi connectivity index (χ0n) is 12.3. The molecular formula is C17H23NO2. The Hall–Kier alpha value is -1.51. The summed E-state index contributed by atoms with van der Waals surface area (Å²) >= 11 is 0. The van der Waals surface area contributed by atoms with Gasteiger partial charge in [0.05, 0.1) is 7.11 Å². The Bertz CT molecular complexity index is 492. The smallest absolute Gasteiger partial charge is 0.225 e. The van der Waals surface area contributed by atoms with Crippen molar-refractivity contribution in [2.75, 3.05) is 20.2 Å². The Morgan fingerprint density at radius 2 is 2.00 bits per heavy atom. The Morgan fingerprint density at radius 3 is 2.60 bits per heavy atom. The Balaban J connectivity index is 1.59. The van der Waals surface area contributed by atoms with Gasteiger partial charge in [0.2, 0.25) is 5.91 Å². The number of carbonyl (C=O) groups is 1. The normalized spacial score (nSPS) is 26.4. The minimum absolute atomic E-state index is 0.323. The average Bonchev–Trinajstić information content (AvgIpc) is 3.24. The van der Waals surface area contributed by atoms with Crippen LogP contribution < -0.4 is 4.74 Å². The Kier molecular flexibility index (Phi) is 3.68. The molecule has 0 radical (unpaired) electrons. The van der Waals surface area contributed by atoms with Gasteiger partial charge in [-0.05, 0) is 48.8 Å². The van der Waals surface area contributed by atoms with Gasteiger partial charge in [0, 0.05) is 19.0 Å². The molecule has 20 heavy (non-hydrogen) atoms. The molecular weight excluding hydrogens is 250 g/mol. The zero-order chi connectivity index (χ0) is 14.1. The second-order valence-electron chi connectivity index (χ2n) is 6.20. The number of likely N-dealkylation sites (tertiary alicyclic amines) is 1. The third kappa shape index (κ3) is 2.67. The molecule has 1 aliphatic carbocycles. The lowest BCUT2D eigenvalue weighted by Crippen LogP contribution is -2.39. The molecule has 3 nitrogen and oxygen atoms in total. The van der Waals surface area contributed by atoms with Crippen molar-refractivity contribution in [3.05, 3.63) is 29.8 Å². The third-order valence-electron chi connectivity index (χ3n) is 4.80. The van der Waals surface area contributed by atoms with E-state index in [2.05, 4.69) is 30.0 Å². The number of carbonyl (C=O) groups excluding carboxylic acids is 1. The maximum atomic E-state index is 12.2. The molecule has 1 amide bonds. The molecule has 3 rings (SSSR count). The van der Waals surface area contributed by atoms with Gasteiger partial charge in [-0.15, -0.1) is 0 Å². The molecule has 108 valence electrons. The molecule has 2 atom stereocenters. The summed E-state index contributed by atoms with van der Waals surface area (Å²) in [7, 11) is 1.71. The van der Waals surface area contributed by atoms with Gasteiger partial charge in [-0.25, -0.2) is 0 Å². The van der Waals surface area contributed by atoms with Crippen LogP contribution in [0.2, 0.25) is 0 Å². The SMILES string of the molecule is COc1cccc(C2CCN(C(=O)[C@H]3C[C@@H]3C)CC2)c1. The molecule has 1 aliphatic heterocycles. The monoisotopic (exact) mass is 273 g/mol. The van der Waals surface area contributed by atoms with E-state index in [0.717, 1.165) is 38.1 Å². The van der Waals surface area contributed by atoms with E-state index in [9.17, 15) is 4.79 Å². The molecule has 1 aromatic rings. The van der Waals surface area contributed by atoms with Gasteiger partial charge in [0.25, 0.3) is 0 Å². The summed E-state index contributed by atoms with van der Waals surface area (Å²) in [4.78, 5) is 14.3. The molecule has 2 fully saturated rings. The predicted octanol–water partition coefficient (Wildman–Crippen LogP) is 3.06. The highest BCUT2D eigenvalue weighted by Crippen LogP contribution is 2.40. The van der Waals surface area contributed by atoms with Crippen LogP contribution in [0.1, 0.15) is 37.7 Å². The van der Waals surface area contributed by atoms with E-state index in [1.165, 1.54) is 5.56 Å². The van der Waals surface area contributed by atoms with Crippen LogP contribution in [-0.4, -0.2) is 31.0 Å². The van der Waals surface area contributed by atoms with Crippen LogP contribution in [0.4, 0.5) is 0 Å². The van der Waals surface area contributed by atoms with E-state index in [4.69, 9.17) is 4.74 Å². The molecule has 1 aromatic carbocycles. The van der Waals surface area contributed by atoms with Crippen LogP contribution >= 0.6 is 0 Å². The van der Waals surface area contributed by atoms with Crippen molar-refractivity contribution < 1.29 is 9.53 Å². The number of hydrogen-bond donors (Lipinski definition) is 0. The fourth-order valence-corrected chi connectivity index (χ4v) is 3.23. The van der Waals surface area contributed by atoms with Crippen LogP contribution in [0, 0.1) is 11.8 Å². The maximum absolute atomic E-state index is 12.2. The van der Waals surface area contributed by atoms with Gasteiger partial charge in [0.1, 0.15) is 5.75 Å². The quantitative estimate of drug-likeness (QED) is 0.847. The summed E-state index contributed by atoms with van der Waals surface area (Å²) in [5, 5.41) is 0. The number of rotatable bonds is 3. The lowest BCUT2D eigenvalue weighted by atomic mass is 9.89. The van der Waals surface area contributed by atoms with Crippen molar-refractivity contribution in [1.82, 2.24) is 4.90 Å². The van der Waals surface area contributed by atoms with E-state index >= 15 is 0 Å². The molecule has 0 bridgehead atoms. The minimum atomic E-state index is 0.323. The highest BCUT2D eigenvalue weighted by Gasteiger charge is 2.42. The van der Waals surface area contributed by atoms with E-state index < -0.39 is 0 Å². The number of methoxy groups -OCH3 is 1. The predicted molar refractivity (Wildman–Crippen MR) is 78.8 cm³/mol. The van der Waals surface area contributed by atoms with E-state index in [-0.39, 0.29) is 0 Å². The summed E-state index contributed by atoms with van der Waals surface area (Å²) in [5.41, 5.74) is 1.34. The number of ether oxygens (including phenoxy) is 1. The summed E-state index contributed by atoms with van der Waals surface area (Å²) in [5.74, 6) is 2.81. The largest absolute Gasteiger partial charge is 0.497 e. The fourth-order valence-electron chi connectivity index (χ4n) is 3.23. The van der Waals surface area contributed by atoms with E-state index in [1.54, 1.807) is 7.11 Å². The first-order valence-corrected chi connectivity index (χ1v) is 7.61. The first-order valence-electron chi connectivity index (χ1n) is 7.61. The second-order valence-corrected chi connectivity index (χ2v) is 6.20. The van der Waals surface area contributed by atoms with Crippen molar-refractivity contribution in [3.8, 4) is 5.75 Å². The second kappa shape index (κ2) is 5.47. The zero-order valence-corrected chi connectivity index (χ0v) is 12.3. The van der Waals surface area contributed by atoms with Gasteiger partial charge in [-0.1, -0.05) is 19.1 Å². The van der Waals surface area contributed by atoms with E-state index in [1.807, 2.05) is 6.07 Å². The Morgan fingerprint density at radius 1 is 1.30 bits per heavy atom. The first-order chi connectivity index (χ1) is 9.69. The number of amides is 1. The minimum Gasteiger partial charge on any atom is -0.497 e. The number of benzene rings is 1. The van der Waals surface area contributed by atoms with Gasteiger partial charge < -0.3 is 9.64 Å². The molecule has 1 saturated heterocycles. The van der Waals surface area contributed by atoms with Crippen molar-refractivity contribution in [3.63, 3.8) is 0 Å². The lowest BCUT2D eigenvalue weighted by Gasteiger charge is -2.32. The number of hydrogen-bond acceptors (Lipinski definition) is 2. The van der Waals surface area contributed by atoms with Gasteiger partial charge in [0.15, 0.2) is 0 Å². The summed E-state index contributed by atoms with van der Waals surface area (Å²) in [6, 6.07) is 8.34. The van der Waals surface area contributed by atoms with Crippen LogP contribution in [0.25, 0.3) is 0 Å². The standard InChI is InChI=1S/C17H23NO2/c1-12-10-16(12)17(19)18-8-6-13(7-9-18)14-4-3-5-15(11-14)20-2/h3-5,11-13,16H,6-10H2,1-2H3/t12-,16-/m0/s1.